The molecule has 1 saturated heterocycles. The minimum atomic E-state index is -0.148. The summed E-state index contributed by atoms with van der Waals surface area (Å²) in [6.07, 6.45) is 2.52. The summed E-state index contributed by atoms with van der Waals surface area (Å²) in [6.45, 7) is 3.43. The number of thioether (sulfide) groups is 1. The molecule has 0 aromatic carbocycles. The first-order chi connectivity index (χ1) is 7.34. The van der Waals surface area contributed by atoms with Crippen molar-refractivity contribution in [2.24, 2.45) is 0 Å². The summed E-state index contributed by atoms with van der Waals surface area (Å²) < 4.78 is 1.31. The van der Waals surface area contributed by atoms with Crippen LogP contribution in [0.25, 0.3) is 0 Å². The fourth-order valence-corrected chi connectivity index (χ4v) is 3.74. The van der Waals surface area contributed by atoms with E-state index in [4.69, 9.17) is 0 Å². The molecule has 1 fully saturated rings. The summed E-state index contributed by atoms with van der Waals surface area (Å²) in [5.41, 5.74) is 0. The molecule has 4 heteroatoms. The Bertz CT molecular complexity index is 270. The molecular weight excluding hydrogens is 226 g/mol. The second-order valence-corrected chi connectivity index (χ2v) is 6.33. The first-order valence-corrected chi connectivity index (χ1v) is 7.39. The van der Waals surface area contributed by atoms with E-state index in [-0.39, 0.29) is 6.10 Å². The predicted molar refractivity (Wildman–Crippen MR) is 65.8 cm³/mol. The molecule has 84 valence electrons. The number of hydrogen-bond acceptors (Lipinski definition) is 3. The second kappa shape index (κ2) is 5.89. The van der Waals surface area contributed by atoms with Gasteiger partial charge in [0.05, 0.1) is 17.3 Å². The normalized spacial score (nSPS) is 19.5. The highest BCUT2D eigenvalue weighted by atomic mass is 32.2. The molecule has 2 N–H and O–H groups in total. The van der Waals surface area contributed by atoms with E-state index in [1.165, 1.54) is 30.1 Å². The highest BCUT2D eigenvalue weighted by molar-refractivity contribution is 8.01. The summed E-state index contributed by atoms with van der Waals surface area (Å²) in [5.74, 6) is 0.837. The molecule has 0 unspecified atom stereocenters. The monoisotopic (exact) mass is 244 g/mol. The van der Waals surface area contributed by atoms with E-state index in [1.54, 1.807) is 28.0 Å². The molecule has 1 atom stereocenters. The van der Waals surface area contributed by atoms with E-state index in [0.717, 1.165) is 12.3 Å². The van der Waals surface area contributed by atoms with Crippen LogP contribution in [0, 0.1) is 0 Å². The van der Waals surface area contributed by atoms with Crippen LogP contribution in [0.15, 0.2) is 21.7 Å². The molecule has 0 bridgehead atoms. The number of thiophene rings is 1. The summed E-state index contributed by atoms with van der Waals surface area (Å²) >= 11 is 3.53. The average molecular weight is 244 g/mol. The molecule has 1 aromatic rings. The zero-order chi connectivity index (χ0) is 10.5. The molecule has 2 rings (SSSR count). The Kier molecular flexibility index (Phi) is 4.50. The van der Waals surface area contributed by atoms with Gasteiger partial charge >= 0.3 is 0 Å². The van der Waals surface area contributed by atoms with Crippen LogP contribution in [0.2, 0.25) is 0 Å². The zero-order valence-corrected chi connectivity index (χ0v) is 10.4. The second-order valence-electron chi connectivity index (χ2n) is 4.06. The lowest BCUT2D eigenvalue weighted by atomic mass is 10.4. The van der Waals surface area contributed by atoms with Crippen molar-refractivity contribution in [2.75, 3.05) is 25.4 Å². The minimum absolute atomic E-state index is 0.148. The quantitative estimate of drug-likeness (QED) is 0.752. The topological polar surface area (TPSA) is 24.7 Å². The third kappa shape index (κ3) is 3.79. The summed E-state index contributed by atoms with van der Waals surface area (Å²) in [6, 6.07) is 4.18. The molecule has 0 aliphatic carbocycles. The Balaban J connectivity index is 1.66. The zero-order valence-electron chi connectivity index (χ0n) is 8.82. The summed E-state index contributed by atoms with van der Waals surface area (Å²) in [5, 5.41) is 12.0. The lowest BCUT2D eigenvalue weighted by Gasteiger charge is -2.16. The van der Waals surface area contributed by atoms with Crippen molar-refractivity contribution in [2.45, 2.75) is 23.2 Å². The third-order valence-electron chi connectivity index (χ3n) is 2.75. The lowest BCUT2D eigenvalue weighted by molar-refractivity contribution is -0.890. The SMILES string of the molecule is O[C@@H](CSc1cccs1)C[NH+]1CCCC1. The Labute approximate surface area is 99.3 Å². The lowest BCUT2D eigenvalue weighted by Crippen LogP contribution is -3.11. The standard InChI is InChI=1S/C11H17NOS2/c13-10(8-12-5-1-2-6-12)9-15-11-4-3-7-14-11/h3-4,7,10,13H,1-2,5-6,8-9H2/p+1/t10-/m1/s1. The molecule has 0 spiro atoms. The maximum Gasteiger partial charge on any atom is 0.112 e. The van der Waals surface area contributed by atoms with Gasteiger partial charge in [0.1, 0.15) is 12.6 Å². The number of rotatable bonds is 5. The van der Waals surface area contributed by atoms with Gasteiger partial charge in [0.25, 0.3) is 0 Å². The van der Waals surface area contributed by atoms with Crippen molar-refractivity contribution in [3.05, 3.63) is 17.5 Å². The fraction of sp³-hybridized carbons (Fsp3) is 0.636. The van der Waals surface area contributed by atoms with Gasteiger partial charge in [-0.2, -0.15) is 0 Å². The minimum Gasteiger partial charge on any atom is -0.386 e. The number of quaternary nitrogens is 1. The van der Waals surface area contributed by atoms with E-state index in [1.807, 2.05) is 0 Å². The van der Waals surface area contributed by atoms with Gasteiger partial charge in [-0.1, -0.05) is 6.07 Å². The van der Waals surface area contributed by atoms with Crippen LogP contribution in [0.5, 0.6) is 0 Å². The maximum atomic E-state index is 9.87. The molecule has 1 aliphatic heterocycles. The van der Waals surface area contributed by atoms with Crippen LogP contribution in [0.1, 0.15) is 12.8 Å². The number of aliphatic hydroxyl groups is 1. The average Bonchev–Trinajstić information content (AvgIpc) is 2.86. The molecule has 15 heavy (non-hydrogen) atoms. The van der Waals surface area contributed by atoms with Gasteiger partial charge in [-0.05, 0) is 11.4 Å². The molecule has 0 radical (unpaired) electrons. The summed E-state index contributed by atoms with van der Waals surface area (Å²) in [4.78, 5) is 1.58. The Morgan fingerprint density at radius 1 is 1.47 bits per heavy atom. The molecule has 0 saturated carbocycles. The molecule has 1 aliphatic rings. The van der Waals surface area contributed by atoms with E-state index in [9.17, 15) is 5.11 Å². The van der Waals surface area contributed by atoms with Crippen molar-refractivity contribution < 1.29 is 10.0 Å². The molecule has 1 aromatic heterocycles. The van der Waals surface area contributed by atoms with Crippen molar-refractivity contribution in [3.63, 3.8) is 0 Å². The van der Waals surface area contributed by atoms with Crippen LogP contribution < -0.4 is 4.90 Å². The van der Waals surface area contributed by atoms with E-state index >= 15 is 0 Å². The number of hydrogen-bond donors (Lipinski definition) is 2. The Morgan fingerprint density at radius 2 is 2.27 bits per heavy atom. The van der Waals surface area contributed by atoms with E-state index < -0.39 is 0 Å². The first kappa shape index (κ1) is 11.5. The number of aliphatic hydroxyl groups excluding tert-OH is 1. The van der Waals surface area contributed by atoms with Crippen LogP contribution in [0.3, 0.4) is 0 Å². The highest BCUT2D eigenvalue weighted by Gasteiger charge is 2.19. The van der Waals surface area contributed by atoms with Crippen molar-refractivity contribution in [1.82, 2.24) is 0 Å². The van der Waals surface area contributed by atoms with Crippen LogP contribution in [0.4, 0.5) is 0 Å². The molecular formula is C11H18NOS2+. The number of likely N-dealkylation sites (tertiary alicyclic amines) is 1. The van der Waals surface area contributed by atoms with Gasteiger partial charge in [-0.25, -0.2) is 0 Å². The van der Waals surface area contributed by atoms with Gasteiger partial charge in [0.15, 0.2) is 0 Å². The van der Waals surface area contributed by atoms with Crippen LogP contribution >= 0.6 is 23.1 Å². The van der Waals surface area contributed by atoms with E-state index in [0.29, 0.717) is 0 Å². The van der Waals surface area contributed by atoms with Gasteiger partial charge in [-0.3, -0.25) is 0 Å². The molecule has 0 amide bonds. The fourth-order valence-electron chi connectivity index (χ4n) is 2.00. The van der Waals surface area contributed by atoms with Crippen molar-refractivity contribution >= 4 is 23.1 Å². The maximum absolute atomic E-state index is 9.87. The van der Waals surface area contributed by atoms with Gasteiger partial charge in [0, 0.05) is 18.6 Å². The molecule has 2 heterocycles. The van der Waals surface area contributed by atoms with Gasteiger partial charge in [0.2, 0.25) is 0 Å². The Hall–Kier alpha value is -0.0300. The van der Waals surface area contributed by atoms with E-state index in [2.05, 4.69) is 17.5 Å². The third-order valence-corrected chi connectivity index (χ3v) is 5.02. The van der Waals surface area contributed by atoms with Gasteiger partial charge < -0.3 is 10.0 Å². The van der Waals surface area contributed by atoms with Crippen LogP contribution in [-0.2, 0) is 0 Å². The van der Waals surface area contributed by atoms with Crippen LogP contribution in [-0.4, -0.2) is 36.6 Å². The predicted octanol–water partition coefficient (Wildman–Crippen LogP) is 0.880. The Morgan fingerprint density at radius 3 is 2.93 bits per heavy atom. The summed E-state index contributed by atoms with van der Waals surface area (Å²) in [7, 11) is 0. The molecule has 2 nitrogen and oxygen atoms in total. The van der Waals surface area contributed by atoms with Crippen molar-refractivity contribution in [3.8, 4) is 0 Å². The highest BCUT2D eigenvalue weighted by Crippen LogP contribution is 2.23. The van der Waals surface area contributed by atoms with Gasteiger partial charge in [-0.15, -0.1) is 23.1 Å². The van der Waals surface area contributed by atoms with Crippen molar-refractivity contribution in [1.29, 1.82) is 0 Å². The first-order valence-electron chi connectivity index (χ1n) is 5.52. The largest absolute Gasteiger partial charge is 0.386 e. The number of nitrogens with one attached hydrogen (secondary N) is 1. The smallest absolute Gasteiger partial charge is 0.112 e.